The van der Waals surface area contributed by atoms with E-state index in [1.807, 2.05) is 0 Å². The van der Waals surface area contributed by atoms with Gasteiger partial charge < -0.3 is 20.4 Å². The fraction of sp³-hybridized carbons (Fsp3) is 0.333. The van der Waals surface area contributed by atoms with Gasteiger partial charge in [0, 0.05) is 11.4 Å². The van der Waals surface area contributed by atoms with Crippen molar-refractivity contribution in [3.63, 3.8) is 0 Å². The lowest BCUT2D eigenvalue weighted by molar-refractivity contribution is -0.895. The zero-order chi connectivity index (χ0) is 20.1. The van der Waals surface area contributed by atoms with Crippen LogP contribution in [-0.2, 0) is 4.79 Å². The van der Waals surface area contributed by atoms with Gasteiger partial charge in [0.05, 0.1) is 26.2 Å². The third-order valence-electron chi connectivity index (χ3n) is 4.91. The summed E-state index contributed by atoms with van der Waals surface area (Å²) in [5.41, 5.74) is 3.87. The van der Waals surface area contributed by atoms with Gasteiger partial charge in [-0.05, 0) is 61.5 Å². The van der Waals surface area contributed by atoms with Gasteiger partial charge in [0.1, 0.15) is 5.82 Å². The predicted molar refractivity (Wildman–Crippen MR) is 114 cm³/mol. The van der Waals surface area contributed by atoms with Crippen LogP contribution in [-0.4, -0.2) is 48.6 Å². The SMILES string of the molecule is Cc1ccc(C)c(NC(=S)N2CC[NH+](CC(=O)Nc3cccc(F)c3)CC2)c1. The molecule has 7 heteroatoms. The van der Waals surface area contributed by atoms with Gasteiger partial charge in [-0.1, -0.05) is 18.2 Å². The molecule has 2 aromatic rings. The number of halogens is 1. The lowest BCUT2D eigenvalue weighted by Crippen LogP contribution is -3.15. The van der Waals surface area contributed by atoms with Gasteiger partial charge in [-0.3, -0.25) is 4.79 Å². The Labute approximate surface area is 170 Å². The molecule has 0 aliphatic carbocycles. The van der Waals surface area contributed by atoms with E-state index in [0.29, 0.717) is 12.2 Å². The normalized spacial score (nSPS) is 14.6. The largest absolute Gasteiger partial charge is 0.338 e. The molecule has 1 aliphatic rings. The molecular formula is C21H26FN4OS+. The van der Waals surface area contributed by atoms with Crippen LogP contribution in [0.3, 0.4) is 0 Å². The maximum Gasteiger partial charge on any atom is 0.279 e. The fourth-order valence-corrected chi connectivity index (χ4v) is 3.56. The molecule has 1 fully saturated rings. The first kappa shape index (κ1) is 20.2. The van der Waals surface area contributed by atoms with Crippen molar-refractivity contribution < 1.29 is 14.1 Å². The molecule has 3 rings (SSSR count). The van der Waals surface area contributed by atoms with Crippen LogP contribution in [0.25, 0.3) is 0 Å². The minimum Gasteiger partial charge on any atom is -0.338 e. The molecule has 1 aliphatic heterocycles. The molecule has 0 bridgehead atoms. The summed E-state index contributed by atoms with van der Waals surface area (Å²) in [4.78, 5) is 15.5. The van der Waals surface area contributed by atoms with Crippen molar-refractivity contribution in [1.29, 1.82) is 0 Å². The highest BCUT2D eigenvalue weighted by Crippen LogP contribution is 2.17. The van der Waals surface area contributed by atoms with Crippen molar-refractivity contribution in [3.05, 3.63) is 59.4 Å². The number of quaternary nitrogens is 1. The zero-order valence-electron chi connectivity index (χ0n) is 16.2. The standard InChI is InChI=1S/C21H25FN4OS/c1-15-6-7-16(2)19(12-15)24-21(28)26-10-8-25(9-11-26)14-20(27)23-18-5-3-4-17(22)13-18/h3-7,12-13H,8-11,14H2,1-2H3,(H,23,27)(H,24,28)/p+1. The van der Waals surface area contributed by atoms with Crippen LogP contribution in [0.4, 0.5) is 15.8 Å². The number of nitrogens with one attached hydrogen (secondary N) is 3. The number of rotatable bonds is 4. The number of hydrogen-bond donors (Lipinski definition) is 3. The highest BCUT2D eigenvalue weighted by molar-refractivity contribution is 7.80. The van der Waals surface area contributed by atoms with Crippen molar-refractivity contribution in [3.8, 4) is 0 Å². The summed E-state index contributed by atoms with van der Waals surface area (Å²) >= 11 is 5.57. The first-order chi connectivity index (χ1) is 13.4. The number of aryl methyl sites for hydroxylation is 2. The Morgan fingerprint density at radius 2 is 1.89 bits per heavy atom. The number of piperazine rings is 1. The summed E-state index contributed by atoms with van der Waals surface area (Å²) in [5.74, 6) is -0.464. The van der Waals surface area contributed by atoms with E-state index in [9.17, 15) is 9.18 Å². The average Bonchev–Trinajstić information content (AvgIpc) is 2.65. The van der Waals surface area contributed by atoms with E-state index in [2.05, 4.69) is 47.6 Å². The molecule has 0 atom stereocenters. The predicted octanol–water partition coefficient (Wildman–Crippen LogP) is 1.98. The molecule has 0 aromatic heterocycles. The molecule has 0 unspecified atom stereocenters. The lowest BCUT2D eigenvalue weighted by atomic mass is 10.1. The summed E-state index contributed by atoms with van der Waals surface area (Å²) in [6.07, 6.45) is 0. The molecule has 1 amide bonds. The summed E-state index contributed by atoms with van der Waals surface area (Å²) in [7, 11) is 0. The maximum atomic E-state index is 13.2. The molecule has 28 heavy (non-hydrogen) atoms. The van der Waals surface area contributed by atoms with E-state index in [1.165, 1.54) is 22.6 Å². The Morgan fingerprint density at radius 1 is 1.14 bits per heavy atom. The number of benzene rings is 2. The minimum atomic E-state index is -0.358. The van der Waals surface area contributed by atoms with Gasteiger partial charge in [0.25, 0.3) is 5.91 Å². The highest BCUT2D eigenvalue weighted by atomic mass is 32.1. The summed E-state index contributed by atoms with van der Waals surface area (Å²) < 4.78 is 13.2. The third-order valence-corrected chi connectivity index (χ3v) is 5.27. The van der Waals surface area contributed by atoms with E-state index in [4.69, 9.17) is 12.2 Å². The van der Waals surface area contributed by atoms with Crippen molar-refractivity contribution >= 4 is 34.6 Å². The Balaban J connectivity index is 1.46. The molecule has 0 spiro atoms. The van der Waals surface area contributed by atoms with Gasteiger partial charge in [-0.25, -0.2) is 4.39 Å². The Hall–Kier alpha value is -2.51. The number of anilines is 2. The Kier molecular flexibility index (Phi) is 6.59. The van der Waals surface area contributed by atoms with E-state index in [1.54, 1.807) is 12.1 Å². The van der Waals surface area contributed by atoms with Crippen LogP contribution in [0.2, 0.25) is 0 Å². The molecule has 1 heterocycles. The van der Waals surface area contributed by atoms with Crippen LogP contribution >= 0.6 is 12.2 Å². The topological polar surface area (TPSA) is 48.8 Å². The molecule has 5 nitrogen and oxygen atoms in total. The van der Waals surface area contributed by atoms with Crippen LogP contribution in [0.5, 0.6) is 0 Å². The second-order valence-electron chi connectivity index (χ2n) is 7.22. The Morgan fingerprint density at radius 3 is 2.61 bits per heavy atom. The second-order valence-corrected chi connectivity index (χ2v) is 7.61. The first-order valence-electron chi connectivity index (χ1n) is 9.43. The van der Waals surface area contributed by atoms with Crippen LogP contribution in [0, 0.1) is 19.7 Å². The smallest absolute Gasteiger partial charge is 0.279 e. The number of amides is 1. The van der Waals surface area contributed by atoms with Gasteiger partial charge in [0.2, 0.25) is 0 Å². The molecule has 0 saturated carbocycles. The van der Waals surface area contributed by atoms with E-state index >= 15 is 0 Å². The van der Waals surface area contributed by atoms with Gasteiger partial charge >= 0.3 is 0 Å². The Bertz CT molecular complexity index is 865. The molecule has 2 aromatic carbocycles. The maximum absolute atomic E-state index is 13.2. The highest BCUT2D eigenvalue weighted by Gasteiger charge is 2.24. The molecule has 148 valence electrons. The van der Waals surface area contributed by atoms with Crippen molar-refractivity contribution in [1.82, 2.24) is 4.90 Å². The fourth-order valence-electron chi connectivity index (χ4n) is 3.27. The van der Waals surface area contributed by atoms with Crippen LogP contribution in [0.15, 0.2) is 42.5 Å². The van der Waals surface area contributed by atoms with Crippen molar-refractivity contribution in [2.45, 2.75) is 13.8 Å². The third kappa shape index (κ3) is 5.50. The van der Waals surface area contributed by atoms with E-state index < -0.39 is 0 Å². The monoisotopic (exact) mass is 401 g/mol. The van der Waals surface area contributed by atoms with E-state index in [0.717, 1.165) is 42.5 Å². The van der Waals surface area contributed by atoms with Gasteiger partial charge in [0.15, 0.2) is 11.7 Å². The second kappa shape index (κ2) is 9.12. The zero-order valence-corrected chi connectivity index (χ0v) is 17.0. The number of nitrogens with zero attached hydrogens (tertiary/aromatic N) is 1. The lowest BCUT2D eigenvalue weighted by Gasteiger charge is -2.33. The number of thiocarbonyl (C=S) groups is 1. The molecule has 1 saturated heterocycles. The molecule has 0 radical (unpaired) electrons. The van der Waals surface area contributed by atoms with Gasteiger partial charge in [-0.2, -0.15) is 0 Å². The summed E-state index contributed by atoms with van der Waals surface area (Å²) in [6, 6.07) is 12.2. The average molecular weight is 402 g/mol. The van der Waals surface area contributed by atoms with E-state index in [-0.39, 0.29) is 11.7 Å². The molecule has 3 N–H and O–H groups in total. The number of carbonyl (C=O) groups excluding carboxylic acids is 1. The molecular weight excluding hydrogens is 375 g/mol. The van der Waals surface area contributed by atoms with Crippen LogP contribution < -0.4 is 15.5 Å². The van der Waals surface area contributed by atoms with Crippen molar-refractivity contribution in [2.75, 3.05) is 43.4 Å². The van der Waals surface area contributed by atoms with Crippen molar-refractivity contribution in [2.24, 2.45) is 0 Å². The summed E-state index contributed by atoms with van der Waals surface area (Å²) in [5, 5.41) is 6.82. The number of carbonyl (C=O) groups is 1. The minimum absolute atomic E-state index is 0.106. The number of hydrogen-bond acceptors (Lipinski definition) is 2. The summed E-state index contributed by atoms with van der Waals surface area (Å²) in [6.45, 7) is 7.71. The first-order valence-corrected chi connectivity index (χ1v) is 9.84. The quantitative estimate of drug-likeness (QED) is 0.686. The van der Waals surface area contributed by atoms with Gasteiger partial charge in [-0.15, -0.1) is 0 Å². The van der Waals surface area contributed by atoms with Crippen LogP contribution in [0.1, 0.15) is 11.1 Å².